The topological polar surface area (TPSA) is 116 Å². The van der Waals surface area contributed by atoms with E-state index in [4.69, 9.17) is 18.9 Å². The Kier molecular flexibility index (Phi) is 8.06. The van der Waals surface area contributed by atoms with E-state index < -0.39 is 0 Å². The van der Waals surface area contributed by atoms with Gasteiger partial charge in [-0.05, 0) is 35.9 Å². The minimum absolute atomic E-state index is 0.409. The van der Waals surface area contributed by atoms with E-state index in [9.17, 15) is 5.26 Å². The van der Waals surface area contributed by atoms with E-state index in [-0.39, 0.29) is 0 Å². The number of ether oxygens (including phenoxy) is 4. The summed E-state index contributed by atoms with van der Waals surface area (Å²) in [7, 11) is 3.26. The molecule has 0 saturated carbocycles. The van der Waals surface area contributed by atoms with Crippen LogP contribution in [0.3, 0.4) is 0 Å². The second-order valence-electron chi connectivity index (χ2n) is 7.50. The van der Waals surface area contributed by atoms with Crippen LogP contribution < -0.4 is 14.8 Å². The molecule has 1 N–H and O–H groups in total. The van der Waals surface area contributed by atoms with Crippen LogP contribution in [0.2, 0.25) is 0 Å². The molecule has 4 rings (SSSR count). The highest BCUT2D eigenvalue weighted by Crippen LogP contribution is 2.29. The van der Waals surface area contributed by atoms with E-state index >= 15 is 0 Å². The Labute approximate surface area is 203 Å². The van der Waals surface area contributed by atoms with Crippen LogP contribution in [-0.2, 0) is 16.0 Å². The number of nitrogens with zero attached hydrogens (tertiary/aromatic N) is 5. The number of hydrogen-bond donors (Lipinski definition) is 1. The first kappa shape index (κ1) is 23.9. The van der Waals surface area contributed by atoms with Crippen molar-refractivity contribution in [2.24, 2.45) is 0 Å². The van der Waals surface area contributed by atoms with Crippen molar-refractivity contribution >= 4 is 16.9 Å². The number of hydrogen-bond acceptors (Lipinski definition) is 9. The Morgan fingerprint density at radius 1 is 0.943 bits per heavy atom. The van der Waals surface area contributed by atoms with Crippen molar-refractivity contribution in [2.45, 2.75) is 6.54 Å². The summed E-state index contributed by atoms with van der Waals surface area (Å²) in [6.07, 6.45) is 3.20. The summed E-state index contributed by atoms with van der Waals surface area (Å²) in [6.45, 7) is 2.29. The standard InChI is InChI=1S/C25H26N6O4/c1-32-8-10-34-22-7-6-19(13-23(22)35-11-9-33-2)15-27-24-21-16-30-31(25(21)29-17-28-24)20-5-3-4-18(12-20)14-26/h3-7,12-13,16-17H,8-11,15H2,1-2H3,(H,27,28,29). The van der Waals surface area contributed by atoms with Crippen molar-refractivity contribution in [1.82, 2.24) is 19.7 Å². The number of methoxy groups -OCH3 is 2. The third-order valence-corrected chi connectivity index (χ3v) is 5.14. The van der Waals surface area contributed by atoms with Crippen molar-refractivity contribution in [3.05, 3.63) is 66.1 Å². The van der Waals surface area contributed by atoms with E-state index in [1.54, 1.807) is 37.2 Å². The predicted octanol–water partition coefficient (Wildman–Crippen LogP) is 3.35. The highest BCUT2D eigenvalue weighted by molar-refractivity contribution is 5.87. The van der Waals surface area contributed by atoms with Crippen LogP contribution in [0.25, 0.3) is 16.7 Å². The smallest absolute Gasteiger partial charge is 0.168 e. The Balaban J connectivity index is 1.53. The summed E-state index contributed by atoms with van der Waals surface area (Å²) in [6, 6.07) is 15.1. The maximum Gasteiger partial charge on any atom is 0.168 e. The summed E-state index contributed by atoms with van der Waals surface area (Å²) < 4.78 is 23.5. The van der Waals surface area contributed by atoms with Crippen molar-refractivity contribution in [2.75, 3.05) is 46.0 Å². The zero-order valence-corrected chi connectivity index (χ0v) is 19.6. The minimum Gasteiger partial charge on any atom is -0.487 e. The molecule has 0 atom stereocenters. The third-order valence-electron chi connectivity index (χ3n) is 5.14. The molecule has 35 heavy (non-hydrogen) atoms. The zero-order valence-electron chi connectivity index (χ0n) is 19.6. The lowest BCUT2D eigenvalue weighted by Gasteiger charge is -2.14. The Hall–Kier alpha value is -4.20. The van der Waals surface area contributed by atoms with Crippen molar-refractivity contribution < 1.29 is 18.9 Å². The van der Waals surface area contributed by atoms with Gasteiger partial charge in [-0.15, -0.1) is 0 Å². The molecule has 0 aliphatic heterocycles. The van der Waals surface area contributed by atoms with Crippen LogP contribution in [0.15, 0.2) is 55.0 Å². The van der Waals surface area contributed by atoms with Gasteiger partial charge in [0, 0.05) is 20.8 Å². The Morgan fingerprint density at radius 3 is 2.51 bits per heavy atom. The number of nitriles is 1. The van der Waals surface area contributed by atoms with Crippen LogP contribution in [0.4, 0.5) is 5.82 Å². The summed E-state index contributed by atoms with van der Waals surface area (Å²) in [5.74, 6) is 1.93. The number of aromatic nitrogens is 4. The molecule has 0 unspecified atom stereocenters. The average Bonchev–Trinajstić information content (AvgIpc) is 3.33. The zero-order chi connectivity index (χ0) is 24.5. The van der Waals surface area contributed by atoms with E-state index in [1.807, 2.05) is 30.3 Å². The van der Waals surface area contributed by atoms with Gasteiger partial charge in [0.05, 0.1) is 42.1 Å². The number of rotatable bonds is 12. The first-order valence-electron chi connectivity index (χ1n) is 11.0. The molecule has 0 aliphatic rings. The molecule has 10 heteroatoms. The first-order valence-corrected chi connectivity index (χ1v) is 11.0. The molecule has 2 aromatic carbocycles. The maximum atomic E-state index is 9.20. The van der Waals surface area contributed by atoms with E-state index in [0.717, 1.165) is 16.6 Å². The number of fused-ring (bicyclic) bond motifs is 1. The normalized spacial score (nSPS) is 10.8. The number of anilines is 1. The summed E-state index contributed by atoms with van der Waals surface area (Å²) >= 11 is 0. The number of nitrogens with one attached hydrogen (secondary N) is 1. The summed E-state index contributed by atoms with van der Waals surface area (Å²) in [5.41, 5.74) is 2.93. The molecule has 0 saturated heterocycles. The van der Waals surface area contributed by atoms with Crippen LogP contribution in [0.5, 0.6) is 11.5 Å². The molecule has 0 bridgehead atoms. The quantitative estimate of drug-likeness (QED) is 0.309. The van der Waals surface area contributed by atoms with Gasteiger partial charge in [0.1, 0.15) is 25.4 Å². The minimum atomic E-state index is 0.409. The molecule has 0 amide bonds. The molecule has 2 aromatic heterocycles. The van der Waals surface area contributed by atoms with Crippen LogP contribution >= 0.6 is 0 Å². The molecule has 10 nitrogen and oxygen atoms in total. The van der Waals surface area contributed by atoms with Gasteiger partial charge in [-0.3, -0.25) is 0 Å². The molecule has 0 aliphatic carbocycles. The van der Waals surface area contributed by atoms with Crippen molar-refractivity contribution in [3.63, 3.8) is 0 Å². The monoisotopic (exact) mass is 474 g/mol. The fourth-order valence-corrected chi connectivity index (χ4v) is 3.43. The molecule has 0 radical (unpaired) electrons. The molecular weight excluding hydrogens is 448 g/mol. The fourth-order valence-electron chi connectivity index (χ4n) is 3.43. The molecule has 4 aromatic rings. The number of benzene rings is 2. The molecule has 0 spiro atoms. The molecule has 0 fully saturated rings. The van der Waals surface area contributed by atoms with Gasteiger partial charge >= 0.3 is 0 Å². The second kappa shape index (κ2) is 11.8. The van der Waals surface area contributed by atoms with Crippen molar-refractivity contribution in [1.29, 1.82) is 5.26 Å². The lowest BCUT2D eigenvalue weighted by atomic mass is 10.2. The largest absolute Gasteiger partial charge is 0.487 e. The predicted molar refractivity (Wildman–Crippen MR) is 130 cm³/mol. The van der Waals surface area contributed by atoms with E-state index in [1.165, 1.54) is 6.33 Å². The van der Waals surface area contributed by atoms with Gasteiger partial charge in [-0.2, -0.15) is 10.4 Å². The maximum absolute atomic E-state index is 9.20. The van der Waals surface area contributed by atoms with Crippen LogP contribution in [0.1, 0.15) is 11.1 Å². The second-order valence-corrected chi connectivity index (χ2v) is 7.50. The summed E-state index contributed by atoms with van der Waals surface area (Å²) in [5, 5.41) is 17.8. The van der Waals surface area contributed by atoms with Gasteiger partial charge in [0.15, 0.2) is 17.1 Å². The first-order chi connectivity index (χ1) is 17.2. The highest BCUT2D eigenvalue weighted by Gasteiger charge is 2.13. The van der Waals surface area contributed by atoms with Gasteiger partial charge in [-0.1, -0.05) is 12.1 Å². The Morgan fingerprint density at radius 2 is 1.74 bits per heavy atom. The highest BCUT2D eigenvalue weighted by atomic mass is 16.5. The fraction of sp³-hybridized carbons (Fsp3) is 0.280. The van der Waals surface area contributed by atoms with Crippen LogP contribution in [0, 0.1) is 11.3 Å². The van der Waals surface area contributed by atoms with Gasteiger partial charge in [0.2, 0.25) is 0 Å². The summed E-state index contributed by atoms with van der Waals surface area (Å²) in [4.78, 5) is 8.80. The van der Waals surface area contributed by atoms with Gasteiger partial charge in [-0.25, -0.2) is 14.6 Å². The molecule has 180 valence electrons. The lowest BCUT2D eigenvalue weighted by molar-refractivity contribution is 0.132. The SMILES string of the molecule is COCCOc1ccc(CNc2ncnc3c2cnn3-c2cccc(C#N)c2)cc1OCCOC. The van der Waals surface area contributed by atoms with Gasteiger partial charge in [0.25, 0.3) is 0 Å². The molecular formula is C25H26N6O4. The van der Waals surface area contributed by atoms with Crippen molar-refractivity contribution in [3.8, 4) is 23.3 Å². The lowest BCUT2D eigenvalue weighted by Crippen LogP contribution is -2.09. The van der Waals surface area contributed by atoms with E-state index in [0.29, 0.717) is 61.5 Å². The van der Waals surface area contributed by atoms with Crippen LogP contribution in [-0.4, -0.2) is 60.4 Å². The van der Waals surface area contributed by atoms with E-state index in [2.05, 4.69) is 26.5 Å². The molecule has 2 heterocycles. The third kappa shape index (κ3) is 5.84. The van der Waals surface area contributed by atoms with Gasteiger partial charge < -0.3 is 24.3 Å². The Bertz CT molecular complexity index is 1320. The average molecular weight is 475 g/mol.